The van der Waals surface area contributed by atoms with Gasteiger partial charge in [-0.25, -0.2) is 0 Å². The number of carbonyl (C=O) groups excluding carboxylic acids is 2. The van der Waals surface area contributed by atoms with Crippen molar-refractivity contribution in [1.82, 2.24) is 4.98 Å². The molecule has 2 aromatic carbocycles. The molecule has 0 radical (unpaired) electrons. The highest BCUT2D eigenvalue weighted by molar-refractivity contribution is 6.08. The average Bonchev–Trinajstić information content (AvgIpc) is 2.68. The van der Waals surface area contributed by atoms with Gasteiger partial charge < -0.3 is 10.2 Å². The van der Waals surface area contributed by atoms with Crippen molar-refractivity contribution in [3.63, 3.8) is 0 Å². The molecule has 0 atom stereocenters. The van der Waals surface area contributed by atoms with Gasteiger partial charge in [-0.2, -0.15) is 0 Å². The van der Waals surface area contributed by atoms with Gasteiger partial charge in [-0.3, -0.25) is 14.6 Å². The van der Waals surface area contributed by atoms with Gasteiger partial charge in [0.15, 0.2) is 0 Å². The van der Waals surface area contributed by atoms with Crippen molar-refractivity contribution in [3.05, 3.63) is 89.2 Å². The van der Waals surface area contributed by atoms with Crippen molar-refractivity contribution >= 4 is 23.2 Å². The number of nitrogens with zero attached hydrogens (tertiary/aromatic N) is 2. The molecule has 0 fully saturated rings. The van der Waals surface area contributed by atoms with Crippen LogP contribution in [0.4, 0.5) is 11.4 Å². The largest absolute Gasteiger partial charge is 0.322 e. The summed E-state index contributed by atoms with van der Waals surface area (Å²) in [5.41, 5.74) is 4.28. The third-order valence-electron chi connectivity index (χ3n) is 4.39. The van der Waals surface area contributed by atoms with Crippen molar-refractivity contribution in [1.29, 1.82) is 0 Å². The number of aromatic nitrogens is 1. The summed E-state index contributed by atoms with van der Waals surface area (Å²) in [7, 11) is 0. The van der Waals surface area contributed by atoms with Crippen molar-refractivity contribution < 1.29 is 9.59 Å². The molecular formula is C23H23N3O2. The third kappa shape index (κ3) is 4.43. The fourth-order valence-corrected chi connectivity index (χ4v) is 2.99. The van der Waals surface area contributed by atoms with Crippen LogP contribution >= 0.6 is 0 Å². The van der Waals surface area contributed by atoms with Crippen LogP contribution < -0.4 is 10.2 Å². The Morgan fingerprint density at radius 1 is 0.964 bits per heavy atom. The molecule has 0 saturated carbocycles. The first-order valence-electron chi connectivity index (χ1n) is 9.20. The van der Waals surface area contributed by atoms with Crippen molar-refractivity contribution in [2.75, 3.05) is 16.8 Å². The third-order valence-corrected chi connectivity index (χ3v) is 4.39. The number of nitrogens with one attached hydrogen (secondary N) is 1. The van der Waals surface area contributed by atoms with Crippen LogP contribution in [0.15, 0.2) is 66.9 Å². The minimum atomic E-state index is -0.277. The Kier molecular flexibility index (Phi) is 5.84. The minimum Gasteiger partial charge on any atom is -0.322 e. The molecular weight excluding hydrogens is 350 g/mol. The molecule has 0 saturated heterocycles. The van der Waals surface area contributed by atoms with Crippen LogP contribution in [-0.2, 0) is 0 Å². The predicted molar refractivity (Wildman–Crippen MR) is 112 cm³/mol. The summed E-state index contributed by atoms with van der Waals surface area (Å²) in [6.45, 7) is 6.36. The maximum absolute atomic E-state index is 13.0. The lowest BCUT2D eigenvalue weighted by Gasteiger charge is -2.21. The van der Waals surface area contributed by atoms with Crippen molar-refractivity contribution in [2.24, 2.45) is 0 Å². The van der Waals surface area contributed by atoms with Gasteiger partial charge in [0.25, 0.3) is 11.8 Å². The maximum atomic E-state index is 13.0. The van der Waals surface area contributed by atoms with E-state index in [0.29, 0.717) is 17.8 Å². The Hall–Kier alpha value is -3.47. The molecule has 0 aliphatic heterocycles. The number of anilines is 2. The molecule has 0 aliphatic rings. The van der Waals surface area contributed by atoms with Gasteiger partial charge in [0.2, 0.25) is 0 Å². The highest BCUT2D eigenvalue weighted by Gasteiger charge is 2.19. The fraction of sp³-hybridized carbons (Fsp3) is 0.174. The molecule has 1 heterocycles. The summed E-state index contributed by atoms with van der Waals surface area (Å²) >= 11 is 0. The van der Waals surface area contributed by atoms with E-state index in [0.717, 1.165) is 16.8 Å². The summed E-state index contributed by atoms with van der Waals surface area (Å²) in [5.74, 6) is -0.515. The second-order valence-electron chi connectivity index (χ2n) is 6.64. The number of hydrogen-bond acceptors (Lipinski definition) is 3. The van der Waals surface area contributed by atoms with Crippen LogP contribution in [0, 0.1) is 13.8 Å². The van der Waals surface area contributed by atoms with Crippen LogP contribution in [0.2, 0.25) is 0 Å². The number of hydrogen-bond donors (Lipinski definition) is 1. The van der Waals surface area contributed by atoms with Gasteiger partial charge in [-0.05, 0) is 68.3 Å². The number of pyridine rings is 1. The summed E-state index contributed by atoms with van der Waals surface area (Å²) in [6, 6.07) is 18.4. The van der Waals surface area contributed by atoms with Crippen LogP contribution in [0.3, 0.4) is 0 Å². The minimum absolute atomic E-state index is 0.236. The van der Waals surface area contributed by atoms with E-state index in [9.17, 15) is 9.59 Å². The molecule has 0 aliphatic carbocycles. The van der Waals surface area contributed by atoms with Crippen LogP contribution in [0.1, 0.15) is 38.9 Å². The van der Waals surface area contributed by atoms with E-state index >= 15 is 0 Å². The lowest BCUT2D eigenvalue weighted by atomic mass is 10.1. The normalized spacial score (nSPS) is 10.4. The molecule has 5 heteroatoms. The van der Waals surface area contributed by atoms with Crippen LogP contribution in [-0.4, -0.2) is 23.3 Å². The van der Waals surface area contributed by atoms with Crippen LogP contribution in [0.5, 0.6) is 0 Å². The van der Waals surface area contributed by atoms with E-state index in [4.69, 9.17) is 0 Å². The van der Waals surface area contributed by atoms with Gasteiger partial charge in [-0.1, -0.05) is 24.3 Å². The molecule has 3 rings (SSSR count). The van der Waals surface area contributed by atoms with Crippen LogP contribution in [0.25, 0.3) is 0 Å². The first-order valence-corrected chi connectivity index (χ1v) is 9.20. The maximum Gasteiger partial charge on any atom is 0.276 e. The van der Waals surface area contributed by atoms with Gasteiger partial charge in [0.05, 0.1) is 0 Å². The Bertz CT molecular complexity index is 1010. The van der Waals surface area contributed by atoms with E-state index in [1.165, 1.54) is 12.3 Å². The van der Waals surface area contributed by atoms with Gasteiger partial charge in [-0.15, -0.1) is 0 Å². The SMILES string of the molecule is CCN(C(=O)c1cc(C(=O)Nc2cccc(C)c2)ccn1)c1cccc(C)c1. The smallest absolute Gasteiger partial charge is 0.276 e. The molecule has 1 aromatic heterocycles. The average molecular weight is 373 g/mol. The fourth-order valence-electron chi connectivity index (χ4n) is 2.99. The number of benzene rings is 2. The summed E-state index contributed by atoms with van der Waals surface area (Å²) in [6.07, 6.45) is 1.49. The lowest BCUT2D eigenvalue weighted by molar-refractivity contribution is 0.0983. The highest BCUT2D eigenvalue weighted by atomic mass is 16.2. The molecule has 2 amide bonds. The standard InChI is InChI=1S/C23H23N3O2/c1-4-26(20-10-6-8-17(3)14-20)23(28)21-15-18(11-12-24-21)22(27)25-19-9-5-7-16(2)13-19/h5-15H,4H2,1-3H3,(H,25,27). The molecule has 0 spiro atoms. The number of amides is 2. The first kappa shape index (κ1) is 19.3. The zero-order valence-electron chi connectivity index (χ0n) is 16.3. The summed E-state index contributed by atoms with van der Waals surface area (Å²) in [4.78, 5) is 31.4. The van der Waals surface area contributed by atoms with Gasteiger partial charge in [0.1, 0.15) is 5.69 Å². The molecule has 3 aromatic rings. The second kappa shape index (κ2) is 8.48. The van der Waals surface area contributed by atoms with E-state index in [1.807, 2.05) is 69.3 Å². The molecule has 28 heavy (non-hydrogen) atoms. The quantitative estimate of drug-likeness (QED) is 0.710. The molecule has 1 N–H and O–H groups in total. The number of carbonyl (C=O) groups is 2. The Morgan fingerprint density at radius 2 is 1.68 bits per heavy atom. The Morgan fingerprint density at radius 3 is 2.36 bits per heavy atom. The molecule has 5 nitrogen and oxygen atoms in total. The molecule has 142 valence electrons. The Labute approximate surface area is 165 Å². The highest BCUT2D eigenvalue weighted by Crippen LogP contribution is 2.19. The van der Waals surface area contributed by atoms with E-state index in [-0.39, 0.29) is 17.5 Å². The van der Waals surface area contributed by atoms with Crippen molar-refractivity contribution in [2.45, 2.75) is 20.8 Å². The topological polar surface area (TPSA) is 62.3 Å². The zero-order chi connectivity index (χ0) is 20.1. The Balaban J connectivity index is 1.83. The van der Waals surface area contributed by atoms with Crippen molar-refractivity contribution in [3.8, 4) is 0 Å². The van der Waals surface area contributed by atoms with Gasteiger partial charge in [0, 0.05) is 29.7 Å². The summed E-state index contributed by atoms with van der Waals surface area (Å²) < 4.78 is 0. The molecule has 0 bridgehead atoms. The predicted octanol–water partition coefficient (Wildman–Crippen LogP) is 4.62. The molecule has 0 unspecified atom stereocenters. The van der Waals surface area contributed by atoms with E-state index < -0.39 is 0 Å². The number of aryl methyl sites for hydroxylation is 2. The first-order chi connectivity index (χ1) is 13.5. The number of rotatable bonds is 5. The van der Waals surface area contributed by atoms with Gasteiger partial charge >= 0.3 is 0 Å². The second-order valence-corrected chi connectivity index (χ2v) is 6.64. The summed E-state index contributed by atoms with van der Waals surface area (Å²) in [5, 5.41) is 2.86. The van der Waals surface area contributed by atoms with E-state index in [2.05, 4.69) is 10.3 Å². The zero-order valence-corrected chi connectivity index (χ0v) is 16.3. The van der Waals surface area contributed by atoms with E-state index in [1.54, 1.807) is 11.0 Å². The lowest BCUT2D eigenvalue weighted by Crippen LogP contribution is -2.31. The monoisotopic (exact) mass is 373 g/mol.